The molecule has 0 aliphatic carbocycles. The molecule has 0 bridgehead atoms. The molecular formula is C19H18N4O2. The number of aromatic nitrogens is 2. The van der Waals surface area contributed by atoms with Crippen LogP contribution in [-0.2, 0) is 0 Å². The Morgan fingerprint density at radius 1 is 1.24 bits per heavy atom. The largest absolute Gasteiger partial charge is 0.346 e. The third-order valence-corrected chi connectivity index (χ3v) is 4.75. The van der Waals surface area contributed by atoms with E-state index in [4.69, 9.17) is 0 Å². The molecule has 0 unspecified atom stereocenters. The molecule has 4 rings (SSSR count). The zero-order chi connectivity index (χ0) is 17.6. The lowest BCUT2D eigenvalue weighted by atomic mass is 10.1. The SMILES string of the molecule is C[C@H]1NC(=O)c2cc3ccc(C(=O)Nc4cccnc4)cc3n2[C@H]1C. The average Bonchev–Trinajstić information content (AvgIpc) is 3.00. The number of pyridine rings is 1. The maximum absolute atomic E-state index is 12.5. The molecule has 0 fully saturated rings. The summed E-state index contributed by atoms with van der Waals surface area (Å²) in [5.41, 5.74) is 2.71. The number of benzene rings is 1. The van der Waals surface area contributed by atoms with Gasteiger partial charge in [0, 0.05) is 28.7 Å². The first-order chi connectivity index (χ1) is 12.0. The van der Waals surface area contributed by atoms with Crippen LogP contribution in [0.3, 0.4) is 0 Å². The van der Waals surface area contributed by atoms with Crippen molar-refractivity contribution in [3.8, 4) is 0 Å². The van der Waals surface area contributed by atoms with Gasteiger partial charge >= 0.3 is 0 Å². The molecule has 2 atom stereocenters. The molecule has 3 aromatic rings. The molecule has 3 heterocycles. The van der Waals surface area contributed by atoms with E-state index in [-0.39, 0.29) is 23.9 Å². The quantitative estimate of drug-likeness (QED) is 0.756. The number of rotatable bonds is 2. The van der Waals surface area contributed by atoms with Crippen LogP contribution in [0.1, 0.15) is 40.7 Å². The van der Waals surface area contributed by atoms with E-state index in [1.165, 1.54) is 0 Å². The molecule has 126 valence electrons. The summed E-state index contributed by atoms with van der Waals surface area (Å²) in [6, 6.07) is 11.1. The fourth-order valence-electron chi connectivity index (χ4n) is 3.24. The first-order valence-corrected chi connectivity index (χ1v) is 8.22. The van der Waals surface area contributed by atoms with E-state index in [0.717, 1.165) is 10.9 Å². The van der Waals surface area contributed by atoms with E-state index in [2.05, 4.69) is 22.5 Å². The lowest BCUT2D eigenvalue weighted by molar-refractivity contribution is 0.0891. The monoisotopic (exact) mass is 334 g/mol. The van der Waals surface area contributed by atoms with Crippen molar-refractivity contribution in [2.45, 2.75) is 25.9 Å². The predicted octanol–water partition coefficient (Wildman–Crippen LogP) is 2.98. The molecule has 0 saturated heterocycles. The molecule has 25 heavy (non-hydrogen) atoms. The van der Waals surface area contributed by atoms with Crippen molar-refractivity contribution in [3.63, 3.8) is 0 Å². The fourth-order valence-corrected chi connectivity index (χ4v) is 3.24. The topological polar surface area (TPSA) is 76.0 Å². The highest BCUT2D eigenvalue weighted by Crippen LogP contribution is 2.30. The second kappa shape index (κ2) is 5.73. The molecule has 0 saturated carbocycles. The van der Waals surface area contributed by atoms with Crippen LogP contribution in [0.25, 0.3) is 10.9 Å². The highest BCUT2D eigenvalue weighted by atomic mass is 16.2. The van der Waals surface area contributed by atoms with Crippen LogP contribution in [0.2, 0.25) is 0 Å². The van der Waals surface area contributed by atoms with Gasteiger partial charge in [-0.25, -0.2) is 0 Å². The highest BCUT2D eigenvalue weighted by molar-refractivity contribution is 6.07. The Hall–Kier alpha value is -3.15. The van der Waals surface area contributed by atoms with Crippen molar-refractivity contribution >= 4 is 28.4 Å². The molecule has 1 aliphatic rings. The van der Waals surface area contributed by atoms with Gasteiger partial charge in [-0.05, 0) is 44.2 Å². The van der Waals surface area contributed by atoms with E-state index >= 15 is 0 Å². The van der Waals surface area contributed by atoms with Crippen LogP contribution < -0.4 is 10.6 Å². The molecule has 0 radical (unpaired) electrons. The van der Waals surface area contributed by atoms with Gasteiger partial charge in [0.25, 0.3) is 11.8 Å². The van der Waals surface area contributed by atoms with Crippen LogP contribution in [0.15, 0.2) is 48.8 Å². The van der Waals surface area contributed by atoms with E-state index in [9.17, 15) is 9.59 Å². The van der Waals surface area contributed by atoms with E-state index in [0.29, 0.717) is 16.9 Å². The molecule has 6 heteroatoms. The average molecular weight is 334 g/mol. The standard InChI is InChI=1S/C19H18N4O2/c1-11-12(2)23-16-9-14(18(24)22-15-4-3-7-20-10-15)6-5-13(16)8-17(23)19(25)21-11/h3-12H,1-2H3,(H,21,25)(H,22,24)/t11-,12+/m1/s1. The summed E-state index contributed by atoms with van der Waals surface area (Å²) in [5.74, 6) is -0.283. The first kappa shape index (κ1) is 15.4. The van der Waals surface area contributed by atoms with Crippen molar-refractivity contribution in [3.05, 3.63) is 60.0 Å². The van der Waals surface area contributed by atoms with E-state index in [1.54, 1.807) is 30.6 Å². The molecule has 6 nitrogen and oxygen atoms in total. The van der Waals surface area contributed by atoms with Crippen molar-refractivity contribution in [2.24, 2.45) is 0 Å². The zero-order valence-corrected chi connectivity index (χ0v) is 14.0. The van der Waals surface area contributed by atoms with Crippen LogP contribution in [0.4, 0.5) is 5.69 Å². The lowest BCUT2D eigenvalue weighted by Crippen LogP contribution is -2.44. The Labute approximate surface area is 144 Å². The second-order valence-corrected chi connectivity index (χ2v) is 6.37. The van der Waals surface area contributed by atoms with Crippen molar-refractivity contribution in [1.82, 2.24) is 14.9 Å². The summed E-state index contributed by atoms with van der Waals surface area (Å²) < 4.78 is 2.01. The number of fused-ring (bicyclic) bond motifs is 3. The van der Waals surface area contributed by atoms with E-state index in [1.807, 2.05) is 29.7 Å². The smallest absolute Gasteiger partial charge is 0.268 e. The summed E-state index contributed by atoms with van der Waals surface area (Å²) in [6.07, 6.45) is 3.26. The van der Waals surface area contributed by atoms with Crippen molar-refractivity contribution in [1.29, 1.82) is 0 Å². The van der Waals surface area contributed by atoms with Crippen LogP contribution >= 0.6 is 0 Å². The van der Waals surface area contributed by atoms with Gasteiger partial charge in [-0.2, -0.15) is 0 Å². The molecule has 2 N–H and O–H groups in total. The van der Waals surface area contributed by atoms with Gasteiger partial charge in [-0.1, -0.05) is 6.07 Å². The third kappa shape index (κ3) is 2.55. The van der Waals surface area contributed by atoms with Gasteiger partial charge in [0.05, 0.1) is 17.9 Å². The minimum atomic E-state index is -0.202. The third-order valence-electron chi connectivity index (χ3n) is 4.75. The Morgan fingerprint density at radius 3 is 2.84 bits per heavy atom. The van der Waals surface area contributed by atoms with Crippen LogP contribution in [0.5, 0.6) is 0 Å². The van der Waals surface area contributed by atoms with Gasteiger partial charge < -0.3 is 15.2 Å². The second-order valence-electron chi connectivity index (χ2n) is 6.37. The van der Waals surface area contributed by atoms with Gasteiger partial charge in [0.15, 0.2) is 0 Å². The van der Waals surface area contributed by atoms with Crippen LogP contribution in [-0.4, -0.2) is 27.4 Å². The summed E-state index contributed by atoms with van der Waals surface area (Å²) in [4.78, 5) is 28.8. The Bertz CT molecular complexity index is 978. The summed E-state index contributed by atoms with van der Waals surface area (Å²) in [6.45, 7) is 4.05. The number of nitrogens with zero attached hydrogens (tertiary/aromatic N) is 2. The number of carbonyl (C=O) groups is 2. The summed E-state index contributed by atoms with van der Waals surface area (Å²) in [7, 11) is 0. The minimum absolute atomic E-state index is 0.0310. The maximum Gasteiger partial charge on any atom is 0.268 e. The molecule has 1 aromatic carbocycles. The minimum Gasteiger partial charge on any atom is -0.346 e. The van der Waals surface area contributed by atoms with Crippen molar-refractivity contribution in [2.75, 3.05) is 5.32 Å². The normalized spacial score (nSPS) is 19.4. The van der Waals surface area contributed by atoms with E-state index < -0.39 is 0 Å². The molecule has 0 spiro atoms. The van der Waals surface area contributed by atoms with Crippen LogP contribution in [0, 0.1) is 0 Å². The summed E-state index contributed by atoms with van der Waals surface area (Å²) >= 11 is 0. The number of anilines is 1. The number of nitrogens with one attached hydrogen (secondary N) is 2. The highest BCUT2D eigenvalue weighted by Gasteiger charge is 2.29. The number of amides is 2. The molecule has 2 amide bonds. The Balaban J connectivity index is 1.75. The molecular weight excluding hydrogens is 316 g/mol. The predicted molar refractivity (Wildman–Crippen MR) is 95.8 cm³/mol. The molecule has 1 aliphatic heterocycles. The fraction of sp³-hybridized carbons (Fsp3) is 0.211. The summed E-state index contributed by atoms with van der Waals surface area (Å²) in [5, 5.41) is 6.75. The van der Waals surface area contributed by atoms with Gasteiger partial charge in [0.2, 0.25) is 0 Å². The first-order valence-electron chi connectivity index (χ1n) is 8.22. The number of hydrogen-bond donors (Lipinski definition) is 2. The number of carbonyl (C=O) groups excluding carboxylic acids is 2. The van der Waals surface area contributed by atoms with Crippen molar-refractivity contribution < 1.29 is 9.59 Å². The Morgan fingerprint density at radius 2 is 2.08 bits per heavy atom. The lowest BCUT2D eigenvalue weighted by Gasteiger charge is -2.30. The van der Waals surface area contributed by atoms with Gasteiger partial charge in [0.1, 0.15) is 5.69 Å². The Kier molecular flexibility index (Phi) is 3.53. The number of hydrogen-bond acceptors (Lipinski definition) is 3. The maximum atomic E-state index is 12.5. The van der Waals surface area contributed by atoms with Gasteiger partial charge in [-0.3, -0.25) is 14.6 Å². The van der Waals surface area contributed by atoms with Gasteiger partial charge in [-0.15, -0.1) is 0 Å². The molecule has 2 aromatic heterocycles. The zero-order valence-electron chi connectivity index (χ0n) is 14.0.